The van der Waals surface area contributed by atoms with Gasteiger partial charge < -0.3 is 15.9 Å². The quantitative estimate of drug-likeness (QED) is 0.308. The molecule has 0 bridgehead atoms. The summed E-state index contributed by atoms with van der Waals surface area (Å²) in [6, 6.07) is 13.7. The van der Waals surface area contributed by atoms with E-state index in [1.165, 1.54) is 12.1 Å². The van der Waals surface area contributed by atoms with Gasteiger partial charge in [0.05, 0.1) is 5.69 Å². The number of nitriles is 1. The number of pyridine rings is 1. The van der Waals surface area contributed by atoms with E-state index in [1.807, 2.05) is 19.1 Å². The van der Waals surface area contributed by atoms with Crippen LogP contribution >= 0.6 is 11.6 Å². The fraction of sp³-hybridized carbons (Fsp3) is 0.0500. The molecule has 2 heterocycles. The largest absolute Gasteiger partial charge is 0.504 e. The fourth-order valence-electron chi connectivity index (χ4n) is 3.24. The number of H-pyrrole nitrogens is 1. The van der Waals surface area contributed by atoms with E-state index in [0.29, 0.717) is 27.2 Å². The molecule has 2 aromatic carbocycles. The van der Waals surface area contributed by atoms with Gasteiger partial charge in [0.1, 0.15) is 17.0 Å². The summed E-state index contributed by atoms with van der Waals surface area (Å²) in [5.74, 6) is -0.467. The maximum absolute atomic E-state index is 9.94. The molecule has 8 heteroatoms. The van der Waals surface area contributed by atoms with E-state index in [4.69, 9.17) is 17.3 Å². The number of phenolic OH excluding ortho intramolecular Hbond substituents is 2. The molecule has 0 radical (unpaired) electrons. The smallest absolute Gasteiger partial charge is 0.359 e. The Morgan fingerprint density at radius 2 is 1.86 bits per heavy atom. The lowest BCUT2D eigenvalue weighted by Gasteiger charge is -2.07. The molecule has 0 spiro atoms. The number of aromatic nitrogens is 3. The third-order valence-electron chi connectivity index (χ3n) is 4.53. The van der Waals surface area contributed by atoms with Crippen LogP contribution in [0.1, 0.15) is 11.3 Å². The van der Waals surface area contributed by atoms with Gasteiger partial charge in [0.15, 0.2) is 17.2 Å². The summed E-state index contributed by atoms with van der Waals surface area (Å²) in [6.07, 6.45) is 0. The van der Waals surface area contributed by atoms with Crippen molar-refractivity contribution in [1.29, 1.82) is 5.26 Å². The number of benzene rings is 2. The van der Waals surface area contributed by atoms with Crippen molar-refractivity contribution >= 4 is 28.5 Å². The Morgan fingerprint density at radius 1 is 1.14 bits per heavy atom. The predicted molar refractivity (Wildman–Crippen MR) is 105 cm³/mol. The highest BCUT2D eigenvalue weighted by molar-refractivity contribution is 6.30. The van der Waals surface area contributed by atoms with Gasteiger partial charge in [-0.05, 0) is 53.9 Å². The zero-order chi connectivity index (χ0) is 20.0. The van der Waals surface area contributed by atoms with E-state index >= 15 is 0 Å². The van der Waals surface area contributed by atoms with Crippen molar-refractivity contribution < 1.29 is 14.9 Å². The van der Waals surface area contributed by atoms with Gasteiger partial charge in [-0.2, -0.15) is 5.26 Å². The fourth-order valence-corrected chi connectivity index (χ4v) is 3.37. The summed E-state index contributed by atoms with van der Waals surface area (Å²) in [7, 11) is 0. The first-order valence-corrected chi connectivity index (χ1v) is 8.70. The number of fused-ring (bicyclic) bond motifs is 1. The Hall–Kier alpha value is -3.76. The number of rotatable bonds is 2. The van der Waals surface area contributed by atoms with Crippen molar-refractivity contribution in [3.05, 3.63) is 58.7 Å². The molecule has 2 aromatic heterocycles. The predicted octanol–water partition coefficient (Wildman–Crippen LogP) is 3.33. The minimum absolute atomic E-state index is 0.0688. The molecule has 4 aromatic rings. The van der Waals surface area contributed by atoms with Gasteiger partial charge in [0.25, 0.3) is 5.82 Å². The van der Waals surface area contributed by atoms with Crippen LogP contribution in [0.25, 0.3) is 27.8 Å². The van der Waals surface area contributed by atoms with E-state index in [-0.39, 0.29) is 22.9 Å². The second-order valence-corrected chi connectivity index (χ2v) is 6.75. The first-order valence-electron chi connectivity index (χ1n) is 8.33. The van der Waals surface area contributed by atoms with Gasteiger partial charge >= 0.3 is 5.65 Å². The molecule has 4 rings (SSSR count). The Labute approximate surface area is 164 Å². The first-order chi connectivity index (χ1) is 13.4. The van der Waals surface area contributed by atoms with Crippen LogP contribution in [0.3, 0.4) is 0 Å². The monoisotopic (exact) mass is 392 g/mol. The Balaban J connectivity index is 2.10. The molecular weight excluding hydrogens is 378 g/mol. The zero-order valence-corrected chi connectivity index (χ0v) is 15.5. The van der Waals surface area contributed by atoms with Gasteiger partial charge in [-0.3, -0.25) is 0 Å². The Morgan fingerprint density at radius 3 is 2.50 bits per heavy atom. The average molecular weight is 393 g/mol. The summed E-state index contributed by atoms with van der Waals surface area (Å²) in [6.45, 7) is 1.86. The van der Waals surface area contributed by atoms with Crippen molar-refractivity contribution in [2.24, 2.45) is 0 Å². The van der Waals surface area contributed by atoms with Crippen LogP contribution in [0.15, 0.2) is 42.5 Å². The Kier molecular flexibility index (Phi) is 4.06. The molecule has 0 unspecified atom stereocenters. The molecule has 0 saturated carbocycles. The normalized spacial score (nSPS) is 10.9. The number of hydrogen-bond donors (Lipinski definition) is 4. The molecule has 7 nitrogen and oxygen atoms in total. The third kappa shape index (κ3) is 2.68. The van der Waals surface area contributed by atoms with Crippen LogP contribution in [0, 0.1) is 18.3 Å². The molecule has 0 saturated heterocycles. The van der Waals surface area contributed by atoms with E-state index < -0.39 is 0 Å². The number of aromatic hydroxyl groups is 2. The number of aryl methyl sites for hydroxylation is 1. The van der Waals surface area contributed by atoms with E-state index in [1.54, 1.807) is 22.9 Å². The molecule has 0 aliphatic rings. The zero-order valence-electron chi connectivity index (χ0n) is 14.7. The lowest BCUT2D eigenvalue weighted by atomic mass is 9.96. The number of nitrogens with two attached hydrogens (primary N) is 1. The number of aromatic amines is 1. The summed E-state index contributed by atoms with van der Waals surface area (Å²) in [4.78, 5) is 4.43. The van der Waals surface area contributed by atoms with Crippen molar-refractivity contribution in [1.82, 2.24) is 10.1 Å². The summed E-state index contributed by atoms with van der Waals surface area (Å²) < 4.78 is 1.75. The van der Waals surface area contributed by atoms with E-state index in [0.717, 1.165) is 11.4 Å². The van der Waals surface area contributed by atoms with Crippen molar-refractivity contribution in [3.63, 3.8) is 0 Å². The Bertz CT molecular complexity index is 1270. The van der Waals surface area contributed by atoms with Gasteiger partial charge in [-0.25, -0.2) is 5.10 Å². The maximum Gasteiger partial charge on any atom is 0.359 e. The highest BCUT2D eigenvalue weighted by Crippen LogP contribution is 2.38. The number of hydrogen-bond acceptors (Lipinski definition) is 5. The second-order valence-electron chi connectivity index (χ2n) is 6.31. The first kappa shape index (κ1) is 17.6. The molecule has 0 fully saturated rings. The lowest BCUT2D eigenvalue weighted by molar-refractivity contribution is -0.632. The number of phenols is 2. The molecule has 0 amide bonds. The van der Waals surface area contributed by atoms with Crippen LogP contribution in [-0.4, -0.2) is 20.3 Å². The van der Waals surface area contributed by atoms with Gasteiger partial charge in [0, 0.05) is 10.6 Å². The van der Waals surface area contributed by atoms with E-state index in [2.05, 4.69) is 16.2 Å². The van der Waals surface area contributed by atoms with Crippen molar-refractivity contribution in [3.8, 4) is 34.4 Å². The second kappa shape index (κ2) is 6.44. The number of nitrogen functional groups attached to an aromatic ring is 1. The standard InChI is InChI=1S/C20H14ClN5O2/c1-10-17-18(11-2-7-15(27)16(28)8-11)14(9-22)19(23)24-20(17)26(25-10)13-5-3-12(21)4-6-13/h2-8H,1H3,(H4,23,24,25,27,28)/p+1. The van der Waals surface area contributed by atoms with Crippen molar-refractivity contribution in [2.75, 3.05) is 5.73 Å². The SMILES string of the molecule is Cc1[nH][n+](-c2ccc(Cl)cc2)c2nc(N)c(C#N)c(-c3ccc(O)c(O)c3)c12. The highest BCUT2D eigenvalue weighted by atomic mass is 35.5. The average Bonchev–Trinajstić information content (AvgIpc) is 2.99. The summed E-state index contributed by atoms with van der Waals surface area (Å²) in [5.41, 5.74) is 9.43. The molecule has 0 aliphatic carbocycles. The van der Waals surface area contributed by atoms with Crippen LogP contribution < -0.4 is 10.4 Å². The van der Waals surface area contributed by atoms with Crippen LogP contribution in [0.4, 0.5) is 5.82 Å². The molecule has 0 atom stereocenters. The van der Waals surface area contributed by atoms with Crippen LogP contribution in [0.2, 0.25) is 5.02 Å². The third-order valence-corrected chi connectivity index (χ3v) is 4.79. The van der Waals surface area contributed by atoms with Crippen molar-refractivity contribution in [2.45, 2.75) is 6.92 Å². The highest BCUT2D eigenvalue weighted by Gasteiger charge is 2.28. The summed E-state index contributed by atoms with van der Waals surface area (Å²) in [5, 5.41) is 33.8. The van der Waals surface area contributed by atoms with Crippen LogP contribution in [0.5, 0.6) is 11.5 Å². The molecule has 138 valence electrons. The minimum atomic E-state index is -0.288. The molecule has 5 N–H and O–H groups in total. The molecular formula is C20H15ClN5O2+. The van der Waals surface area contributed by atoms with Gasteiger partial charge in [-0.1, -0.05) is 17.7 Å². The summed E-state index contributed by atoms with van der Waals surface area (Å²) >= 11 is 5.98. The number of halogens is 1. The van der Waals surface area contributed by atoms with Gasteiger partial charge in [0.2, 0.25) is 0 Å². The number of anilines is 1. The lowest BCUT2D eigenvalue weighted by Crippen LogP contribution is -2.33. The van der Waals surface area contributed by atoms with Gasteiger partial charge in [-0.15, -0.1) is 4.68 Å². The molecule has 0 aliphatic heterocycles. The van der Waals surface area contributed by atoms with Crippen LogP contribution in [-0.2, 0) is 0 Å². The maximum atomic E-state index is 9.94. The number of nitrogens with zero attached hydrogens (tertiary/aromatic N) is 3. The number of nitrogens with one attached hydrogen (secondary N) is 1. The topological polar surface area (TPSA) is 123 Å². The minimum Gasteiger partial charge on any atom is -0.504 e. The molecule has 28 heavy (non-hydrogen) atoms. The van der Waals surface area contributed by atoms with E-state index in [9.17, 15) is 15.5 Å².